The Morgan fingerprint density at radius 2 is 1.89 bits per heavy atom. The summed E-state index contributed by atoms with van der Waals surface area (Å²) in [7, 11) is 0. The molecule has 2 rings (SSSR count). The molecule has 1 aliphatic carbocycles. The van der Waals surface area contributed by atoms with E-state index < -0.39 is 0 Å². The number of carbonyl (C=O) groups is 1. The standard InChI is InChI=1S/C15H20ClNO2/c1-2-19-15(18)17(13-6-4-3-5-7-13)14-10-8-12(16)9-11-14/h8-11,13H,2-7H2,1H3. The first-order valence-electron chi connectivity index (χ1n) is 6.94. The number of hydrogen-bond donors (Lipinski definition) is 0. The van der Waals surface area contributed by atoms with Crippen LogP contribution >= 0.6 is 11.6 Å². The number of nitrogens with zero attached hydrogens (tertiary/aromatic N) is 1. The van der Waals surface area contributed by atoms with Crippen molar-refractivity contribution in [1.29, 1.82) is 0 Å². The maximum atomic E-state index is 12.2. The van der Waals surface area contributed by atoms with Crippen molar-refractivity contribution in [3.63, 3.8) is 0 Å². The molecule has 104 valence electrons. The summed E-state index contributed by atoms with van der Waals surface area (Å²) in [5.74, 6) is 0. The zero-order valence-electron chi connectivity index (χ0n) is 11.3. The highest BCUT2D eigenvalue weighted by Crippen LogP contribution is 2.28. The van der Waals surface area contributed by atoms with Crippen LogP contribution in [0.15, 0.2) is 24.3 Å². The molecule has 0 atom stereocenters. The monoisotopic (exact) mass is 281 g/mol. The lowest BCUT2D eigenvalue weighted by atomic mass is 9.94. The van der Waals surface area contributed by atoms with Crippen LogP contribution in [0.3, 0.4) is 0 Å². The van der Waals surface area contributed by atoms with Crippen molar-refractivity contribution < 1.29 is 9.53 Å². The van der Waals surface area contributed by atoms with E-state index in [9.17, 15) is 4.79 Å². The number of amides is 1. The maximum absolute atomic E-state index is 12.2. The zero-order chi connectivity index (χ0) is 13.7. The van der Waals surface area contributed by atoms with E-state index in [4.69, 9.17) is 16.3 Å². The van der Waals surface area contributed by atoms with Gasteiger partial charge in [0, 0.05) is 16.8 Å². The van der Waals surface area contributed by atoms with Gasteiger partial charge in [-0.05, 0) is 44.0 Å². The first kappa shape index (κ1) is 14.2. The largest absolute Gasteiger partial charge is 0.449 e. The molecule has 0 aliphatic heterocycles. The molecule has 19 heavy (non-hydrogen) atoms. The Labute approximate surface area is 119 Å². The van der Waals surface area contributed by atoms with E-state index in [0.717, 1.165) is 18.5 Å². The summed E-state index contributed by atoms with van der Waals surface area (Å²) in [4.78, 5) is 14.0. The molecular weight excluding hydrogens is 262 g/mol. The highest BCUT2D eigenvalue weighted by atomic mass is 35.5. The van der Waals surface area contributed by atoms with Crippen LogP contribution in [0.25, 0.3) is 0 Å². The van der Waals surface area contributed by atoms with Crippen molar-refractivity contribution >= 4 is 23.4 Å². The number of benzene rings is 1. The number of rotatable bonds is 3. The molecular formula is C15H20ClNO2. The maximum Gasteiger partial charge on any atom is 0.414 e. The SMILES string of the molecule is CCOC(=O)N(c1ccc(Cl)cc1)C1CCCCC1. The lowest BCUT2D eigenvalue weighted by Gasteiger charge is -2.33. The first-order valence-corrected chi connectivity index (χ1v) is 7.31. The predicted molar refractivity (Wildman–Crippen MR) is 77.8 cm³/mol. The lowest BCUT2D eigenvalue weighted by Crippen LogP contribution is -2.42. The van der Waals surface area contributed by atoms with Crippen LogP contribution in [0.1, 0.15) is 39.0 Å². The van der Waals surface area contributed by atoms with Gasteiger partial charge < -0.3 is 4.74 Å². The van der Waals surface area contributed by atoms with Gasteiger partial charge in [-0.2, -0.15) is 0 Å². The summed E-state index contributed by atoms with van der Waals surface area (Å²) < 4.78 is 5.20. The van der Waals surface area contributed by atoms with Crippen LogP contribution in [-0.4, -0.2) is 18.7 Å². The zero-order valence-corrected chi connectivity index (χ0v) is 12.0. The molecule has 0 aromatic heterocycles. The molecule has 0 radical (unpaired) electrons. The summed E-state index contributed by atoms with van der Waals surface area (Å²) in [5.41, 5.74) is 0.870. The van der Waals surface area contributed by atoms with Gasteiger partial charge in [0.25, 0.3) is 0 Å². The van der Waals surface area contributed by atoms with Gasteiger partial charge in [0.1, 0.15) is 0 Å². The van der Waals surface area contributed by atoms with Crippen LogP contribution in [0.5, 0.6) is 0 Å². The smallest absolute Gasteiger partial charge is 0.414 e. The molecule has 4 heteroatoms. The van der Waals surface area contributed by atoms with E-state index >= 15 is 0 Å². The molecule has 0 spiro atoms. The van der Waals surface area contributed by atoms with Gasteiger partial charge in [0.05, 0.1) is 6.61 Å². The number of hydrogen-bond acceptors (Lipinski definition) is 2. The minimum absolute atomic E-state index is 0.244. The molecule has 1 aromatic carbocycles. The lowest BCUT2D eigenvalue weighted by molar-refractivity contribution is 0.155. The van der Waals surface area contributed by atoms with Crippen LogP contribution in [0.4, 0.5) is 10.5 Å². The summed E-state index contributed by atoms with van der Waals surface area (Å²) in [6.45, 7) is 2.23. The molecule has 0 N–H and O–H groups in total. The Hall–Kier alpha value is -1.22. The second kappa shape index (κ2) is 6.80. The molecule has 1 aliphatic rings. The van der Waals surface area contributed by atoms with E-state index in [-0.39, 0.29) is 12.1 Å². The third kappa shape index (κ3) is 3.63. The minimum atomic E-state index is -0.253. The molecule has 1 amide bonds. The quantitative estimate of drug-likeness (QED) is 0.808. The second-order valence-corrected chi connectivity index (χ2v) is 5.27. The Kier molecular flexibility index (Phi) is 5.08. The molecule has 3 nitrogen and oxygen atoms in total. The molecule has 1 fully saturated rings. The summed E-state index contributed by atoms with van der Waals surface area (Å²) in [5, 5.41) is 0.677. The fourth-order valence-electron chi connectivity index (χ4n) is 2.60. The fraction of sp³-hybridized carbons (Fsp3) is 0.533. The molecule has 0 bridgehead atoms. The van der Waals surface area contributed by atoms with Crippen molar-refractivity contribution in [2.45, 2.75) is 45.1 Å². The Bertz CT molecular complexity index is 413. The van der Waals surface area contributed by atoms with Crippen molar-refractivity contribution in [3.8, 4) is 0 Å². The Balaban J connectivity index is 2.22. The number of halogens is 1. The van der Waals surface area contributed by atoms with E-state index in [1.165, 1.54) is 19.3 Å². The van der Waals surface area contributed by atoms with Crippen molar-refractivity contribution in [2.75, 3.05) is 11.5 Å². The molecule has 0 saturated heterocycles. The van der Waals surface area contributed by atoms with Gasteiger partial charge in [0.2, 0.25) is 0 Å². The summed E-state index contributed by atoms with van der Waals surface area (Å²) in [6, 6.07) is 7.63. The summed E-state index contributed by atoms with van der Waals surface area (Å²) in [6.07, 6.45) is 5.44. The molecule has 0 heterocycles. The predicted octanol–water partition coefficient (Wildman–Crippen LogP) is 4.64. The van der Waals surface area contributed by atoms with Crippen molar-refractivity contribution in [3.05, 3.63) is 29.3 Å². The van der Waals surface area contributed by atoms with E-state index in [1.54, 1.807) is 4.90 Å². The third-order valence-electron chi connectivity index (χ3n) is 3.51. The highest BCUT2D eigenvalue weighted by molar-refractivity contribution is 6.30. The van der Waals surface area contributed by atoms with Gasteiger partial charge in [-0.25, -0.2) is 4.79 Å². The first-order chi connectivity index (χ1) is 9.22. The minimum Gasteiger partial charge on any atom is -0.449 e. The molecule has 1 saturated carbocycles. The van der Waals surface area contributed by atoms with E-state index in [1.807, 2.05) is 31.2 Å². The van der Waals surface area contributed by atoms with Crippen LogP contribution in [0.2, 0.25) is 5.02 Å². The Morgan fingerprint density at radius 1 is 1.26 bits per heavy atom. The molecule has 1 aromatic rings. The van der Waals surface area contributed by atoms with Gasteiger partial charge in [-0.15, -0.1) is 0 Å². The average molecular weight is 282 g/mol. The van der Waals surface area contributed by atoms with Crippen molar-refractivity contribution in [2.24, 2.45) is 0 Å². The number of ether oxygens (including phenoxy) is 1. The van der Waals surface area contributed by atoms with Crippen LogP contribution in [-0.2, 0) is 4.74 Å². The van der Waals surface area contributed by atoms with Crippen molar-refractivity contribution in [1.82, 2.24) is 0 Å². The average Bonchev–Trinajstić information content (AvgIpc) is 2.43. The molecule has 0 unspecified atom stereocenters. The summed E-state index contributed by atoms with van der Waals surface area (Å²) >= 11 is 5.91. The second-order valence-electron chi connectivity index (χ2n) is 4.84. The number of carbonyl (C=O) groups excluding carboxylic acids is 1. The highest BCUT2D eigenvalue weighted by Gasteiger charge is 2.27. The van der Waals surface area contributed by atoms with Gasteiger partial charge in [-0.3, -0.25) is 4.90 Å². The van der Waals surface area contributed by atoms with E-state index in [2.05, 4.69) is 0 Å². The fourth-order valence-corrected chi connectivity index (χ4v) is 2.73. The van der Waals surface area contributed by atoms with Gasteiger partial charge >= 0.3 is 6.09 Å². The van der Waals surface area contributed by atoms with Gasteiger partial charge in [-0.1, -0.05) is 30.9 Å². The Morgan fingerprint density at radius 3 is 2.47 bits per heavy atom. The van der Waals surface area contributed by atoms with E-state index in [0.29, 0.717) is 11.6 Å². The third-order valence-corrected chi connectivity index (χ3v) is 3.76. The van der Waals surface area contributed by atoms with Gasteiger partial charge in [0.15, 0.2) is 0 Å². The number of anilines is 1. The van der Waals surface area contributed by atoms with Crippen LogP contribution < -0.4 is 4.90 Å². The topological polar surface area (TPSA) is 29.5 Å². The van der Waals surface area contributed by atoms with Crippen LogP contribution in [0, 0.1) is 0 Å². The normalized spacial score (nSPS) is 16.1.